The van der Waals surface area contributed by atoms with Crippen LogP contribution in [0.25, 0.3) is 0 Å². The lowest BCUT2D eigenvalue weighted by atomic mass is 10.2. The number of nitrogens with zero attached hydrogens (tertiary/aromatic N) is 2. The number of hydrogen-bond donors (Lipinski definition) is 2. The molecule has 5 nitrogen and oxygen atoms in total. The smallest absolute Gasteiger partial charge is 0.256 e. The molecule has 1 amide bonds. The Kier molecular flexibility index (Phi) is 3.46. The van der Waals surface area contributed by atoms with Gasteiger partial charge in [0, 0.05) is 19.6 Å². The molecule has 88 valence electrons. The second kappa shape index (κ2) is 4.84. The molecule has 1 atom stereocenters. The fourth-order valence-corrected chi connectivity index (χ4v) is 2.00. The molecule has 0 spiro atoms. The van der Waals surface area contributed by atoms with Crippen molar-refractivity contribution in [3.05, 3.63) is 16.9 Å². The van der Waals surface area contributed by atoms with Crippen LogP contribution in [-0.4, -0.2) is 34.8 Å². The Morgan fingerprint density at radius 3 is 3.19 bits per heavy atom. The summed E-state index contributed by atoms with van der Waals surface area (Å²) in [6.07, 6.45) is 3.77. The predicted octanol–water partition coefficient (Wildman–Crippen LogP) is 0.555. The molecule has 0 radical (unpaired) electrons. The average Bonchev–Trinajstić information content (AvgIpc) is 2.88. The number of carbonyl (C=O) groups excluding carboxylic acids is 1. The zero-order valence-corrected chi connectivity index (χ0v) is 9.92. The summed E-state index contributed by atoms with van der Waals surface area (Å²) in [5.74, 6) is -0.160. The van der Waals surface area contributed by atoms with Crippen molar-refractivity contribution < 1.29 is 4.79 Å². The zero-order valence-electron chi connectivity index (χ0n) is 9.16. The van der Waals surface area contributed by atoms with E-state index in [1.807, 2.05) is 0 Å². The summed E-state index contributed by atoms with van der Waals surface area (Å²) >= 11 is 5.92. The van der Waals surface area contributed by atoms with E-state index >= 15 is 0 Å². The summed E-state index contributed by atoms with van der Waals surface area (Å²) in [4.78, 5) is 11.8. The second-order valence-corrected chi connectivity index (χ2v) is 4.33. The van der Waals surface area contributed by atoms with Crippen LogP contribution in [0.3, 0.4) is 0 Å². The number of hydrogen-bond acceptors (Lipinski definition) is 3. The van der Waals surface area contributed by atoms with Crippen molar-refractivity contribution >= 4 is 17.5 Å². The number of halogens is 1. The molecule has 16 heavy (non-hydrogen) atoms. The summed E-state index contributed by atoms with van der Waals surface area (Å²) in [6.45, 7) is 1.68. The topological polar surface area (TPSA) is 59.0 Å². The van der Waals surface area contributed by atoms with Gasteiger partial charge in [-0.2, -0.15) is 5.10 Å². The third-order valence-electron chi connectivity index (χ3n) is 2.78. The minimum Gasteiger partial charge on any atom is -0.350 e. The van der Waals surface area contributed by atoms with Crippen LogP contribution in [0.4, 0.5) is 0 Å². The van der Waals surface area contributed by atoms with Crippen molar-refractivity contribution in [2.45, 2.75) is 18.9 Å². The highest BCUT2D eigenvalue weighted by Gasteiger charge is 2.18. The SMILES string of the molecule is Cn1ncc(C(=O)NCC2CCCN2)c1Cl. The van der Waals surface area contributed by atoms with E-state index in [9.17, 15) is 4.79 Å². The van der Waals surface area contributed by atoms with Gasteiger partial charge in [-0.05, 0) is 19.4 Å². The Morgan fingerprint density at radius 1 is 1.81 bits per heavy atom. The molecule has 6 heteroatoms. The van der Waals surface area contributed by atoms with Crippen molar-refractivity contribution in [3.63, 3.8) is 0 Å². The lowest BCUT2D eigenvalue weighted by Crippen LogP contribution is -2.37. The monoisotopic (exact) mass is 242 g/mol. The van der Waals surface area contributed by atoms with E-state index in [1.54, 1.807) is 7.05 Å². The molecule has 1 unspecified atom stereocenters. The van der Waals surface area contributed by atoms with E-state index in [2.05, 4.69) is 15.7 Å². The molecule has 2 N–H and O–H groups in total. The average molecular weight is 243 g/mol. The van der Waals surface area contributed by atoms with Crippen molar-refractivity contribution in [1.29, 1.82) is 0 Å². The third kappa shape index (κ3) is 2.36. The zero-order chi connectivity index (χ0) is 11.5. The van der Waals surface area contributed by atoms with Crippen molar-refractivity contribution in [1.82, 2.24) is 20.4 Å². The van der Waals surface area contributed by atoms with Crippen LogP contribution in [0.5, 0.6) is 0 Å². The van der Waals surface area contributed by atoms with Crippen LogP contribution < -0.4 is 10.6 Å². The van der Waals surface area contributed by atoms with Gasteiger partial charge in [0.15, 0.2) is 0 Å². The number of carbonyl (C=O) groups is 1. The lowest BCUT2D eigenvalue weighted by molar-refractivity contribution is 0.0950. The first-order valence-electron chi connectivity index (χ1n) is 5.37. The summed E-state index contributed by atoms with van der Waals surface area (Å²) in [5.41, 5.74) is 0.433. The van der Waals surface area contributed by atoms with E-state index in [4.69, 9.17) is 11.6 Å². The second-order valence-electron chi connectivity index (χ2n) is 3.98. The van der Waals surface area contributed by atoms with Gasteiger partial charge in [0.25, 0.3) is 5.91 Å². The van der Waals surface area contributed by atoms with Crippen LogP contribution in [0.2, 0.25) is 5.15 Å². The minimum absolute atomic E-state index is 0.160. The maximum atomic E-state index is 11.8. The molecule has 0 aromatic carbocycles. The van der Waals surface area contributed by atoms with Gasteiger partial charge in [-0.3, -0.25) is 9.48 Å². The van der Waals surface area contributed by atoms with Crippen molar-refractivity contribution in [2.24, 2.45) is 7.05 Å². The minimum atomic E-state index is -0.160. The first-order valence-corrected chi connectivity index (χ1v) is 5.75. The molecular formula is C10H15ClN4O. The molecule has 1 aliphatic heterocycles. The molecule has 2 rings (SSSR count). The van der Waals surface area contributed by atoms with Crippen LogP contribution in [0.1, 0.15) is 23.2 Å². The fourth-order valence-electron chi connectivity index (χ4n) is 1.82. The van der Waals surface area contributed by atoms with Gasteiger partial charge in [0.05, 0.1) is 11.8 Å². The van der Waals surface area contributed by atoms with Gasteiger partial charge in [-0.15, -0.1) is 0 Å². The van der Waals surface area contributed by atoms with Crippen LogP contribution in [0, 0.1) is 0 Å². The number of rotatable bonds is 3. The molecule has 1 saturated heterocycles. The highest BCUT2D eigenvalue weighted by atomic mass is 35.5. The normalized spacial score (nSPS) is 20.0. The standard InChI is InChI=1S/C10H15ClN4O/c1-15-9(11)8(6-14-15)10(16)13-5-7-3-2-4-12-7/h6-7,12H,2-5H2,1H3,(H,13,16). The van der Waals surface area contributed by atoms with Crippen molar-refractivity contribution in [2.75, 3.05) is 13.1 Å². The number of amides is 1. The lowest BCUT2D eigenvalue weighted by Gasteiger charge is -2.10. The molecule has 1 aromatic rings. The van der Waals surface area contributed by atoms with E-state index in [1.165, 1.54) is 17.3 Å². The molecular weight excluding hydrogens is 228 g/mol. The highest BCUT2D eigenvalue weighted by Crippen LogP contribution is 2.13. The van der Waals surface area contributed by atoms with Gasteiger partial charge < -0.3 is 10.6 Å². The molecule has 0 bridgehead atoms. The summed E-state index contributed by atoms with van der Waals surface area (Å²) in [7, 11) is 1.71. The predicted molar refractivity (Wildman–Crippen MR) is 61.6 cm³/mol. The van der Waals surface area contributed by atoms with Gasteiger partial charge in [0.2, 0.25) is 0 Å². The van der Waals surface area contributed by atoms with Crippen molar-refractivity contribution in [3.8, 4) is 0 Å². The van der Waals surface area contributed by atoms with Gasteiger partial charge in [-0.25, -0.2) is 0 Å². The maximum absolute atomic E-state index is 11.8. The van der Waals surface area contributed by atoms with E-state index in [0.717, 1.165) is 13.0 Å². The van der Waals surface area contributed by atoms with Gasteiger partial charge >= 0.3 is 0 Å². The summed E-state index contributed by atoms with van der Waals surface area (Å²) in [6, 6.07) is 0.388. The van der Waals surface area contributed by atoms with E-state index in [0.29, 0.717) is 23.3 Å². The summed E-state index contributed by atoms with van der Waals surface area (Å²) in [5, 5.41) is 10.5. The maximum Gasteiger partial charge on any atom is 0.256 e. The third-order valence-corrected chi connectivity index (χ3v) is 3.23. The quantitative estimate of drug-likeness (QED) is 0.814. The molecule has 0 aliphatic carbocycles. The number of aromatic nitrogens is 2. The molecule has 0 saturated carbocycles. The number of nitrogens with one attached hydrogen (secondary N) is 2. The van der Waals surface area contributed by atoms with Crippen LogP contribution in [-0.2, 0) is 7.05 Å². The Hall–Kier alpha value is -1.07. The largest absolute Gasteiger partial charge is 0.350 e. The summed E-state index contributed by atoms with van der Waals surface area (Å²) < 4.78 is 1.48. The molecule has 1 fully saturated rings. The fraction of sp³-hybridized carbons (Fsp3) is 0.600. The first kappa shape index (κ1) is 11.4. The first-order chi connectivity index (χ1) is 7.68. The van der Waals surface area contributed by atoms with Crippen LogP contribution >= 0.6 is 11.6 Å². The van der Waals surface area contributed by atoms with Gasteiger partial charge in [0.1, 0.15) is 5.15 Å². The molecule has 1 aromatic heterocycles. The van der Waals surface area contributed by atoms with E-state index in [-0.39, 0.29) is 5.91 Å². The Bertz CT molecular complexity index is 384. The Labute approximate surface area is 99.2 Å². The molecule has 2 heterocycles. The Morgan fingerprint density at radius 2 is 2.62 bits per heavy atom. The highest BCUT2D eigenvalue weighted by molar-refractivity contribution is 6.32. The van der Waals surface area contributed by atoms with Crippen LogP contribution in [0.15, 0.2) is 6.20 Å². The van der Waals surface area contributed by atoms with Gasteiger partial charge in [-0.1, -0.05) is 11.6 Å². The number of aryl methyl sites for hydroxylation is 1. The van der Waals surface area contributed by atoms with E-state index < -0.39 is 0 Å². The Balaban J connectivity index is 1.90. The molecule has 1 aliphatic rings.